The van der Waals surface area contributed by atoms with Gasteiger partial charge in [0.25, 0.3) is 0 Å². The van der Waals surface area contributed by atoms with Crippen molar-refractivity contribution in [2.75, 3.05) is 26.4 Å². The molecule has 7 heteroatoms. The summed E-state index contributed by atoms with van der Waals surface area (Å²) in [7, 11) is 0. The number of benzene rings is 2. The second kappa shape index (κ2) is 17.2. The summed E-state index contributed by atoms with van der Waals surface area (Å²) in [4.78, 5) is 13.5. The van der Waals surface area contributed by atoms with Gasteiger partial charge in [-0.2, -0.15) is 0 Å². The lowest BCUT2D eigenvalue weighted by Gasteiger charge is -2.09. The number of hydrogen-bond donors (Lipinski definition) is 1. The number of ether oxygens (including phenoxy) is 3. The molecule has 3 rings (SSSR count). The number of aliphatic imine (C=N–C) groups is 2. The highest BCUT2D eigenvalue weighted by Crippen LogP contribution is 2.17. The first-order chi connectivity index (χ1) is 19.5. The van der Waals surface area contributed by atoms with Crippen molar-refractivity contribution >= 4 is 12.4 Å². The van der Waals surface area contributed by atoms with E-state index in [2.05, 4.69) is 52.7 Å². The number of allylic oxidation sites excluding steroid dienone is 3. The van der Waals surface area contributed by atoms with Gasteiger partial charge in [-0.25, -0.2) is 0 Å². The normalized spacial score (nSPS) is 13.6. The number of aromatic nitrogens is 1. The summed E-state index contributed by atoms with van der Waals surface area (Å²) in [6.07, 6.45) is 10.2. The molecule has 0 aliphatic heterocycles. The monoisotopic (exact) mass is 538 g/mol. The zero-order chi connectivity index (χ0) is 28.4. The first-order valence-corrected chi connectivity index (χ1v) is 13.3. The first kappa shape index (κ1) is 30.1. The van der Waals surface area contributed by atoms with Gasteiger partial charge in [0.1, 0.15) is 24.7 Å². The second-order valence-electron chi connectivity index (χ2n) is 8.94. The summed E-state index contributed by atoms with van der Waals surface area (Å²) in [5.41, 5.74) is 9.51. The third-order valence-corrected chi connectivity index (χ3v) is 5.84. The molecule has 0 amide bonds. The predicted octanol–water partition coefficient (Wildman–Crippen LogP) is 6.42. The number of nitrogens with zero attached hydrogens (tertiary/aromatic N) is 3. The first-order valence-electron chi connectivity index (χ1n) is 13.3. The van der Waals surface area contributed by atoms with Gasteiger partial charge in [-0.3, -0.25) is 15.0 Å². The van der Waals surface area contributed by atoms with Crippen LogP contribution in [0, 0.1) is 0 Å². The minimum absolute atomic E-state index is 0.0532. The highest BCUT2D eigenvalue weighted by atomic mass is 16.5. The zero-order valence-corrected chi connectivity index (χ0v) is 23.2. The van der Waals surface area contributed by atoms with Crippen molar-refractivity contribution in [1.82, 2.24) is 4.98 Å². The van der Waals surface area contributed by atoms with Crippen LogP contribution in [0.15, 0.2) is 125 Å². The Hall–Kier alpha value is -4.49. The predicted molar refractivity (Wildman–Crippen MR) is 163 cm³/mol. The van der Waals surface area contributed by atoms with Gasteiger partial charge in [-0.15, -0.1) is 0 Å². The van der Waals surface area contributed by atoms with E-state index in [4.69, 9.17) is 19.9 Å². The van der Waals surface area contributed by atoms with E-state index < -0.39 is 0 Å². The van der Waals surface area contributed by atoms with Gasteiger partial charge in [0.05, 0.1) is 37.2 Å². The minimum Gasteiger partial charge on any atom is -0.490 e. The smallest absolute Gasteiger partial charge is 0.137 e. The third-order valence-electron chi connectivity index (χ3n) is 5.84. The molecule has 1 aromatic heterocycles. The Morgan fingerprint density at radius 1 is 0.850 bits per heavy atom. The van der Waals surface area contributed by atoms with Crippen LogP contribution in [-0.4, -0.2) is 43.8 Å². The number of rotatable bonds is 16. The van der Waals surface area contributed by atoms with Crippen LogP contribution < -0.4 is 10.5 Å². The summed E-state index contributed by atoms with van der Waals surface area (Å²) in [6.45, 7) is 9.69. The Labute approximate surface area is 237 Å². The molecule has 2 N–H and O–H groups in total. The van der Waals surface area contributed by atoms with Crippen LogP contribution in [-0.2, 0) is 9.47 Å². The van der Waals surface area contributed by atoms with Gasteiger partial charge in [0, 0.05) is 18.6 Å². The molecule has 7 nitrogen and oxygen atoms in total. The maximum absolute atomic E-state index is 5.70. The zero-order valence-electron chi connectivity index (χ0n) is 23.2. The molecule has 2 atom stereocenters. The Morgan fingerprint density at radius 3 is 2.12 bits per heavy atom. The number of hydrogen-bond acceptors (Lipinski definition) is 7. The standard InChI is InChI=1S/C33H38N4O3/c1-26(23-35-27(2)29-10-6-4-7-11-29)14-16-32(22-34)39-20-18-38-19-21-40-33-17-15-31(37-25-33)24-36-28(3)30-12-8-5-9-13-30/h4-17,22-25,27-28H,1,18-21,34H2,2-3H3/b16-14-,32-22+,35-23+,36-24+/t27-,28-/m1/s1. The third kappa shape index (κ3) is 11.1. The summed E-state index contributed by atoms with van der Waals surface area (Å²) in [5.74, 6) is 1.20. The maximum atomic E-state index is 5.70. The van der Waals surface area contributed by atoms with Gasteiger partial charge in [0.15, 0.2) is 0 Å². The van der Waals surface area contributed by atoms with Crippen LogP contribution in [0.2, 0.25) is 0 Å². The Bertz CT molecular complexity index is 1270. The van der Waals surface area contributed by atoms with Crippen LogP contribution in [0.1, 0.15) is 42.8 Å². The molecule has 0 unspecified atom stereocenters. The fourth-order valence-corrected chi connectivity index (χ4v) is 3.51. The molecule has 0 bridgehead atoms. The van der Waals surface area contributed by atoms with E-state index >= 15 is 0 Å². The molecule has 208 valence electrons. The largest absolute Gasteiger partial charge is 0.490 e. The summed E-state index contributed by atoms with van der Waals surface area (Å²) in [5, 5.41) is 0. The van der Waals surface area contributed by atoms with E-state index in [1.165, 1.54) is 6.20 Å². The Kier molecular flexibility index (Phi) is 12.9. The van der Waals surface area contributed by atoms with E-state index in [9.17, 15) is 0 Å². The molecule has 0 saturated heterocycles. The quantitative estimate of drug-likeness (QED) is 0.0984. The van der Waals surface area contributed by atoms with Gasteiger partial charge >= 0.3 is 0 Å². The Balaban J connectivity index is 1.28. The molecule has 3 aromatic rings. The van der Waals surface area contributed by atoms with Crippen molar-refractivity contribution in [3.8, 4) is 5.75 Å². The van der Waals surface area contributed by atoms with Crippen LogP contribution >= 0.6 is 0 Å². The molecule has 0 saturated carbocycles. The number of pyridine rings is 1. The second-order valence-corrected chi connectivity index (χ2v) is 8.94. The highest BCUT2D eigenvalue weighted by Gasteiger charge is 2.02. The van der Waals surface area contributed by atoms with Crippen molar-refractivity contribution < 1.29 is 14.2 Å². The topological polar surface area (TPSA) is 91.3 Å². The molecule has 0 spiro atoms. The van der Waals surface area contributed by atoms with Crippen molar-refractivity contribution in [1.29, 1.82) is 0 Å². The van der Waals surface area contributed by atoms with Crippen molar-refractivity contribution in [3.63, 3.8) is 0 Å². The van der Waals surface area contributed by atoms with Gasteiger partial charge in [-0.1, -0.05) is 73.3 Å². The highest BCUT2D eigenvalue weighted by molar-refractivity contribution is 5.81. The maximum Gasteiger partial charge on any atom is 0.137 e. The molecule has 0 aliphatic carbocycles. The van der Waals surface area contributed by atoms with Crippen molar-refractivity contribution in [2.24, 2.45) is 15.7 Å². The van der Waals surface area contributed by atoms with Gasteiger partial charge in [-0.05, 0) is 48.8 Å². The molecule has 0 radical (unpaired) electrons. The van der Waals surface area contributed by atoms with Crippen LogP contribution in [0.5, 0.6) is 5.75 Å². The molecule has 40 heavy (non-hydrogen) atoms. The minimum atomic E-state index is 0.0532. The van der Waals surface area contributed by atoms with Gasteiger partial charge < -0.3 is 19.9 Å². The van der Waals surface area contributed by atoms with Crippen LogP contribution in [0.3, 0.4) is 0 Å². The van der Waals surface area contributed by atoms with E-state index in [0.29, 0.717) is 37.9 Å². The average Bonchev–Trinajstić information content (AvgIpc) is 3.01. The molecule has 1 heterocycles. The Morgan fingerprint density at radius 2 is 1.50 bits per heavy atom. The molecule has 0 aliphatic rings. The van der Waals surface area contributed by atoms with Crippen LogP contribution in [0.25, 0.3) is 0 Å². The lowest BCUT2D eigenvalue weighted by Crippen LogP contribution is -2.11. The fraction of sp³-hybridized carbons (Fsp3) is 0.242. The van der Waals surface area contributed by atoms with E-state index in [-0.39, 0.29) is 12.1 Å². The van der Waals surface area contributed by atoms with Crippen molar-refractivity contribution in [2.45, 2.75) is 25.9 Å². The SMILES string of the molecule is C=C(/C=C\C(=C/N)OCCOCCOc1ccc(/C=N/[C@H](C)c2ccccc2)nc1)/C=N/[C@H](C)c1ccccc1. The van der Waals surface area contributed by atoms with Crippen molar-refractivity contribution in [3.05, 3.63) is 132 Å². The molecule has 2 aromatic carbocycles. The summed E-state index contributed by atoms with van der Waals surface area (Å²) in [6, 6.07) is 24.1. The van der Waals surface area contributed by atoms with Crippen LogP contribution in [0.4, 0.5) is 0 Å². The fourth-order valence-electron chi connectivity index (χ4n) is 3.51. The van der Waals surface area contributed by atoms with Gasteiger partial charge in [0.2, 0.25) is 0 Å². The van der Waals surface area contributed by atoms with E-state index in [0.717, 1.165) is 22.4 Å². The number of nitrogens with two attached hydrogens (primary N) is 1. The molecular formula is C33H38N4O3. The molecular weight excluding hydrogens is 500 g/mol. The lowest BCUT2D eigenvalue weighted by atomic mass is 10.1. The summed E-state index contributed by atoms with van der Waals surface area (Å²) >= 11 is 0. The van der Waals surface area contributed by atoms with E-state index in [1.807, 2.05) is 61.5 Å². The van der Waals surface area contributed by atoms with E-state index in [1.54, 1.807) is 24.7 Å². The molecule has 0 fully saturated rings. The average molecular weight is 539 g/mol. The lowest BCUT2D eigenvalue weighted by molar-refractivity contribution is 0.0605. The summed E-state index contributed by atoms with van der Waals surface area (Å²) < 4.78 is 16.9.